The molecule has 0 atom stereocenters. The summed E-state index contributed by atoms with van der Waals surface area (Å²) >= 11 is 0. The van der Waals surface area contributed by atoms with Crippen LogP contribution in [0.2, 0.25) is 0 Å². The van der Waals surface area contributed by atoms with E-state index >= 15 is 0 Å². The number of aromatic hydroxyl groups is 2. The van der Waals surface area contributed by atoms with Crippen molar-refractivity contribution in [1.29, 1.82) is 0 Å². The molecule has 0 unspecified atom stereocenters. The fraction of sp³-hybridized carbons (Fsp3) is 0.235. The fourth-order valence-electron chi connectivity index (χ4n) is 1.99. The molecule has 128 valence electrons. The van der Waals surface area contributed by atoms with Crippen molar-refractivity contribution in [2.75, 3.05) is 0 Å². The van der Waals surface area contributed by atoms with E-state index in [1.54, 1.807) is 12.1 Å². The Hall–Kier alpha value is -2.54. The second kappa shape index (κ2) is 6.52. The van der Waals surface area contributed by atoms with E-state index in [-0.39, 0.29) is 27.4 Å². The summed E-state index contributed by atoms with van der Waals surface area (Å²) in [6, 6.07) is 10.5. The molecule has 0 aliphatic rings. The normalized spacial score (nSPS) is 12.5. The van der Waals surface area contributed by atoms with E-state index < -0.39 is 10.0 Å². The Bertz CT molecular complexity index is 851. The number of nitrogens with zero attached hydrogens (tertiary/aromatic N) is 1. The maximum absolute atomic E-state index is 12.2. The summed E-state index contributed by atoms with van der Waals surface area (Å²) in [6.07, 6.45) is 1.16. The third kappa shape index (κ3) is 4.26. The van der Waals surface area contributed by atoms with Gasteiger partial charge in [0.25, 0.3) is 10.0 Å². The maximum Gasteiger partial charge on any atom is 0.276 e. The highest BCUT2D eigenvalue weighted by atomic mass is 32.2. The lowest BCUT2D eigenvalue weighted by Crippen LogP contribution is -2.19. The summed E-state index contributed by atoms with van der Waals surface area (Å²) in [7, 11) is -3.79. The Labute approximate surface area is 141 Å². The standard InChI is InChI=1S/C17H20N2O4S/c1-17(2,3)13-5-8-15(9-6-13)24(22,23)19-18-11-12-4-7-14(20)10-16(12)21/h4-11,19-21H,1-3H3. The lowest BCUT2D eigenvalue weighted by Gasteiger charge is -2.19. The van der Waals surface area contributed by atoms with E-state index in [1.807, 2.05) is 20.8 Å². The van der Waals surface area contributed by atoms with Crippen LogP contribution in [-0.2, 0) is 15.4 Å². The van der Waals surface area contributed by atoms with Crippen molar-refractivity contribution in [3.8, 4) is 11.5 Å². The van der Waals surface area contributed by atoms with Crippen molar-refractivity contribution in [2.45, 2.75) is 31.1 Å². The molecule has 2 aromatic rings. The molecule has 0 amide bonds. The molecule has 0 aliphatic carbocycles. The van der Waals surface area contributed by atoms with E-state index in [2.05, 4.69) is 9.93 Å². The lowest BCUT2D eigenvalue weighted by atomic mass is 9.87. The molecule has 0 saturated heterocycles. The molecule has 7 heteroatoms. The van der Waals surface area contributed by atoms with Gasteiger partial charge in [0.2, 0.25) is 0 Å². The van der Waals surface area contributed by atoms with Crippen LogP contribution in [0.1, 0.15) is 31.9 Å². The highest BCUT2D eigenvalue weighted by Crippen LogP contribution is 2.23. The van der Waals surface area contributed by atoms with Crippen molar-refractivity contribution < 1.29 is 18.6 Å². The largest absolute Gasteiger partial charge is 0.508 e. The molecule has 0 heterocycles. The Balaban J connectivity index is 2.15. The van der Waals surface area contributed by atoms with Gasteiger partial charge in [0.15, 0.2) is 0 Å². The summed E-state index contributed by atoms with van der Waals surface area (Å²) in [5.41, 5.74) is 1.24. The molecule has 0 aromatic heterocycles. The number of sulfonamides is 1. The second-order valence-electron chi connectivity index (χ2n) is 6.37. The average molecular weight is 348 g/mol. The Morgan fingerprint density at radius 1 is 1.04 bits per heavy atom. The van der Waals surface area contributed by atoms with E-state index in [0.29, 0.717) is 0 Å². The number of phenols is 2. The van der Waals surface area contributed by atoms with Gasteiger partial charge < -0.3 is 10.2 Å². The van der Waals surface area contributed by atoms with Gasteiger partial charge in [-0.05, 0) is 35.2 Å². The summed E-state index contributed by atoms with van der Waals surface area (Å²) in [5, 5.41) is 22.5. The number of benzene rings is 2. The first kappa shape index (κ1) is 17.8. The van der Waals surface area contributed by atoms with Crippen molar-refractivity contribution >= 4 is 16.2 Å². The maximum atomic E-state index is 12.2. The predicted molar refractivity (Wildman–Crippen MR) is 92.8 cm³/mol. The van der Waals surface area contributed by atoms with Crippen LogP contribution in [0.5, 0.6) is 11.5 Å². The Morgan fingerprint density at radius 2 is 1.67 bits per heavy atom. The van der Waals surface area contributed by atoms with Crippen LogP contribution in [0.4, 0.5) is 0 Å². The minimum absolute atomic E-state index is 0.0652. The lowest BCUT2D eigenvalue weighted by molar-refractivity contribution is 0.450. The van der Waals surface area contributed by atoms with Gasteiger partial charge in [-0.25, -0.2) is 4.83 Å². The molecule has 3 N–H and O–H groups in total. The quantitative estimate of drug-likeness (QED) is 0.584. The smallest absolute Gasteiger partial charge is 0.276 e. The van der Waals surface area contributed by atoms with Gasteiger partial charge in [0.05, 0.1) is 11.1 Å². The zero-order valence-corrected chi connectivity index (χ0v) is 14.5. The first-order valence-electron chi connectivity index (χ1n) is 7.27. The summed E-state index contributed by atoms with van der Waals surface area (Å²) < 4.78 is 24.4. The zero-order chi connectivity index (χ0) is 18.0. The summed E-state index contributed by atoms with van der Waals surface area (Å²) in [6.45, 7) is 6.13. The number of nitrogens with one attached hydrogen (secondary N) is 1. The first-order valence-corrected chi connectivity index (χ1v) is 8.75. The molecule has 2 aromatic carbocycles. The number of hydrazone groups is 1. The van der Waals surface area contributed by atoms with E-state index in [1.165, 1.54) is 24.3 Å². The summed E-state index contributed by atoms with van der Waals surface area (Å²) in [4.78, 5) is 2.19. The van der Waals surface area contributed by atoms with Gasteiger partial charge in [0.1, 0.15) is 11.5 Å². The van der Waals surface area contributed by atoms with Crippen LogP contribution in [0.15, 0.2) is 52.5 Å². The number of hydrogen-bond acceptors (Lipinski definition) is 5. The fourth-order valence-corrected chi connectivity index (χ4v) is 2.78. The van der Waals surface area contributed by atoms with Gasteiger partial charge >= 0.3 is 0 Å². The van der Waals surface area contributed by atoms with Gasteiger partial charge in [-0.3, -0.25) is 0 Å². The minimum Gasteiger partial charge on any atom is -0.508 e. The van der Waals surface area contributed by atoms with Crippen molar-refractivity contribution in [2.24, 2.45) is 5.10 Å². The van der Waals surface area contributed by atoms with Gasteiger partial charge in [0, 0.05) is 11.6 Å². The Kier molecular flexibility index (Phi) is 4.84. The number of hydrogen-bond donors (Lipinski definition) is 3. The molecular formula is C17H20N2O4S. The highest BCUT2D eigenvalue weighted by Gasteiger charge is 2.17. The molecule has 24 heavy (non-hydrogen) atoms. The average Bonchev–Trinajstić information content (AvgIpc) is 2.49. The van der Waals surface area contributed by atoms with Crippen LogP contribution in [0.25, 0.3) is 0 Å². The van der Waals surface area contributed by atoms with E-state index in [4.69, 9.17) is 0 Å². The topological polar surface area (TPSA) is 99.0 Å². The second-order valence-corrected chi connectivity index (χ2v) is 8.03. The van der Waals surface area contributed by atoms with E-state index in [9.17, 15) is 18.6 Å². The molecule has 0 aliphatic heterocycles. The van der Waals surface area contributed by atoms with Gasteiger partial charge in [-0.2, -0.15) is 13.5 Å². The van der Waals surface area contributed by atoms with Crippen molar-refractivity contribution in [1.82, 2.24) is 4.83 Å². The first-order chi connectivity index (χ1) is 11.1. The Morgan fingerprint density at radius 3 is 2.21 bits per heavy atom. The van der Waals surface area contributed by atoms with Crippen LogP contribution in [-0.4, -0.2) is 24.8 Å². The van der Waals surface area contributed by atoms with Crippen molar-refractivity contribution in [3.63, 3.8) is 0 Å². The third-order valence-corrected chi connectivity index (χ3v) is 4.66. The van der Waals surface area contributed by atoms with Crippen molar-refractivity contribution in [3.05, 3.63) is 53.6 Å². The van der Waals surface area contributed by atoms with Gasteiger partial charge in [-0.1, -0.05) is 32.9 Å². The minimum atomic E-state index is -3.79. The zero-order valence-electron chi connectivity index (χ0n) is 13.7. The molecule has 0 radical (unpaired) electrons. The predicted octanol–water partition coefficient (Wildman–Crippen LogP) is 2.71. The van der Waals surface area contributed by atoms with Gasteiger partial charge in [-0.15, -0.1) is 0 Å². The molecule has 2 rings (SSSR count). The molecule has 0 fully saturated rings. The molecular weight excluding hydrogens is 328 g/mol. The van der Waals surface area contributed by atoms with Crippen LogP contribution in [0, 0.1) is 0 Å². The monoisotopic (exact) mass is 348 g/mol. The molecule has 6 nitrogen and oxygen atoms in total. The highest BCUT2D eigenvalue weighted by molar-refractivity contribution is 7.89. The van der Waals surface area contributed by atoms with Crippen LogP contribution >= 0.6 is 0 Å². The van der Waals surface area contributed by atoms with Crippen LogP contribution in [0.3, 0.4) is 0 Å². The number of phenolic OH excluding ortho intramolecular Hbond substituents is 2. The molecule has 0 saturated carbocycles. The molecule has 0 bridgehead atoms. The SMILES string of the molecule is CC(C)(C)c1ccc(S(=O)(=O)NN=Cc2ccc(O)cc2O)cc1. The third-order valence-electron chi connectivity index (χ3n) is 3.42. The van der Waals surface area contributed by atoms with E-state index in [0.717, 1.165) is 17.8 Å². The van der Waals surface area contributed by atoms with Crippen LogP contribution < -0.4 is 4.83 Å². The number of rotatable bonds is 4. The summed E-state index contributed by atoms with van der Waals surface area (Å²) in [5.74, 6) is -0.295. The molecule has 0 spiro atoms.